The predicted molar refractivity (Wildman–Crippen MR) is 101 cm³/mol. The second-order valence-corrected chi connectivity index (χ2v) is 7.59. The first-order valence-corrected chi connectivity index (χ1v) is 9.75. The first-order chi connectivity index (χ1) is 14.7. The monoisotopic (exact) mass is 445 g/mol. The van der Waals surface area contributed by atoms with E-state index < -0.39 is 36.0 Å². The van der Waals surface area contributed by atoms with Gasteiger partial charge in [0.15, 0.2) is 5.82 Å². The first kappa shape index (κ1) is 21.5. The zero-order chi connectivity index (χ0) is 22.3. The van der Waals surface area contributed by atoms with Crippen molar-refractivity contribution in [2.45, 2.75) is 44.7 Å². The van der Waals surface area contributed by atoms with Crippen LogP contribution in [0.2, 0.25) is 0 Å². The zero-order valence-corrected chi connectivity index (χ0v) is 16.6. The molecule has 168 valence electrons. The van der Waals surface area contributed by atoms with Crippen LogP contribution in [0.1, 0.15) is 18.9 Å². The summed E-state index contributed by atoms with van der Waals surface area (Å²) >= 11 is 0. The number of alkyl halides is 3. The lowest BCUT2D eigenvalue weighted by Gasteiger charge is -2.40. The fourth-order valence-electron chi connectivity index (χ4n) is 3.93. The number of fused-ring (bicyclic) bond motifs is 1. The topological polar surface area (TPSA) is 63.5 Å². The normalized spacial score (nSPS) is 21.9. The van der Waals surface area contributed by atoms with Crippen molar-refractivity contribution in [2.75, 3.05) is 29.6 Å². The minimum Gasteiger partial charge on any atom is -0.377 e. The maximum absolute atomic E-state index is 14.9. The summed E-state index contributed by atoms with van der Waals surface area (Å²) in [6.07, 6.45) is -3.94. The van der Waals surface area contributed by atoms with E-state index in [0.717, 1.165) is 21.7 Å². The molecule has 0 bridgehead atoms. The highest BCUT2D eigenvalue weighted by atomic mass is 19.4. The standard InChI is InChI=1S/C19H20F5N5O2/c1-11-10-31-7-6-27(11)16-15(21)17(30)28-5-4-13(19(22,23)24)29(18(28)26-16)9-12-2-3-14(20)25-8-12/h2-3,8,11,13H,4-7,9-10H2,1H3. The van der Waals surface area contributed by atoms with Crippen LogP contribution in [0.4, 0.5) is 33.7 Å². The summed E-state index contributed by atoms with van der Waals surface area (Å²) in [6, 6.07) is 0.0923. The van der Waals surface area contributed by atoms with Gasteiger partial charge in [0.25, 0.3) is 5.56 Å². The number of morpholine rings is 1. The number of anilines is 2. The van der Waals surface area contributed by atoms with Crippen LogP contribution in [0.15, 0.2) is 23.1 Å². The highest BCUT2D eigenvalue weighted by Crippen LogP contribution is 2.36. The molecule has 4 heterocycles. The SMILES string of the molecule is CC1COCCN1c1nc2n(c(=O)c1F)CCC(C(F)(F)F)N2Cc1ccc(F)nc1. The Morgan fingerprint density at radius 2 is 2.00 bits per heavy atom. The average Bonchev–Trinajstić information content (AvgIpc) is 2.72. The van der Waals surface area contributed by atoms with Crippen LogP contribution >= 0.6 is 0 Å². The lowest BCUT2D eigenvalue weighted by molar-refractivity contribution is -0.153. The maximum atomic E-state index is 14.9. The molecule has 0 saturated carbocycles. The Balaban J connectivity index is 1.82. The molecule has 2 aromatic heterocycles. The van der Waals surface area contributed by atoms with Gasteiger partial charge in [0, 0.05) is 25.8 Å². The zero-order valence-electron chi connectivity index (χ0n) is 16.6. The van der Waals surface area contributed by atoms with E-state index in [1.807, 2.05) is 0 Å². The quantitative estimate of drug-likeness (QED) is 0.535. The fourth-order valence-corrected chi connectivity index (χ4v) is 3.93. The molecule has 0 spiro atoms. The molecule has 4 rings (SSSR count). The van der Waals surface area contributed by atoms with Crippen molar-refractivity contribution in [3.05, 3.63) is 46.0 Å². The Labute approximate surface area is 174 Å². The number of halogens is 5. The number of aromatic nitrogens is 3. The molecular weight excluding hydrogens is 425 g/mol. The number of pyridine rings is 1. The number of ether oxygens (including phenoxy) is 1. The highest BCUT2D eigenvalue weighted by molar-refractivity contribution is 5.49. The predicted octanol–water partition coefficient (Wildman–Crippen LogP) is 2.48. The minimum atomic E-state index is -4.61. The van der Waals surface area contributed by atoms with Crippen LogP contribution in [0.25, 0.3) is 0 Å². The second kappa shape index (κ2) is 8.06. The molecule has 0 amide bonds. The lowest BCUT2D eigenvalue weighted by Crippen LogP contribution is -2.53. The van der Waals surface area contributed by atoms with Gasteiger partial charge in [-0.2, -0.15) is 26.9 Å². The van der Waals surface area contributed by atoms with Crippen LogP contribution in [-0.4, -0.2) is 52.6 Å². The average molecular weight is 445 g/mol. The van der Waals surface area contributed by atoms with Crippen LogP contribution in [0.3, 0.4) is 0 Å². The Bertz CT molecular complexity index is 1010. The van der Waals surface area contributed by atoms with Crippen molar-refractivity contribution in [3.63, 3.8) is 0 Å². The van der Waals surface area contributed by atoms with Gasteiger partial charge in [-0.05, 0) is 25.0 Å². The Morgan fingerprint density at radius 1 is 1.23 bits per heavy atom. The Hall–Kier alpha value is -2.76. The van der Waals surface area contributed by atoms with E-state index in [4.69, 9.17) is 4.74 Å². The fraction of sp³-hybridized carbons (Fsp3) is 0.526. The van der Waals surface area contributed by atoms with Gasteiger partial charge >= 0.3 is 6.18 Å². The third kappa shape index (κ3) is 4.08. The van der Waals surface area contributed by atoms with E-state index in [1.54, 1.807) is 6.92 Å². The number of nitrogens with zero attached hydrogens (tertiary/aromatic N) is 5. The summed E-state index contributed by atoms with van der Waals surface area (Å²) < 4.78 is 75.7. The van der Waals surface area contributed by atoms with E-state index >= 15 is 0 Å². The van der Waals surface area contributed by atoms with Crippen molar-refractivity contribution in [3.8, 4) is 0 Å². The summed E-state index contributed by atoms with van der Waals surface area (Å²) in [5.74, 6) is -2.45. The molecule has 0 N–H and O–H groups in total. The van der Waals surface area contributed by atoms with Gasteiger partial charge in [0.1, 0.15) is 6.04 Å². The molecular formula is C19H20F5N5O2. The molecule has 2 aliphatic heterocycles. The van der Waals surface area contributed by atoms with Crippen molar-refractivity contribution < 1.29 is 26.7 Å². The number of rotatable bonds is 3. The van der Waals surface area contributed by atoms with Crippen LogP contribution in [0, 0.1) is 11.8 Å². The van der Waals surface area contributed by atoms with Gasteiger partial charge in [-0.3, -0.25) is 9.36 Å². The summed E-state index contributed by atoms with van der Waals surface area (Å²) in [4.78, 5) is 22.8. The third-order valence-corrected chi connectivity index (χ3v) is 5.49. The molecule has 31 heavy (non-hydrogen) atoms. The summed E-state index contributed by atoms with van der Waals surface area (Å²) in [7, 11) is 0. The minimum absolute atomic E-state index is 0.249. The van der Waals surface area contributed by atoms with Crippen molar-refractivity contribution >= 4 is 11.8 Å². The molecule has 2 unspecified atom stereocenters. The highest BCUT2D eigenvalue weighted by Gasteiger charge is 2.47. The van der Waals surface area contributed by atoms with Gasteiger partial charge in [0.05, 0.1) is 19.3 Å². The molecule has 1 fully saturated rings. The molecule has 2 aliphatic rings. The largest absolute Gasteiger partial charge is 0.408 e. The van der Waals surface area contributed by atoms with Crippen LogP contribution < -0.4 is 15.4 Å². The van der Waals surface area contributed by atoms with Crippen molar-refractivity contribution in [1.29, 1.82) is 0 Å². The molecule has 0 aromatic carbocycles. The van der Waals surface area contributed by atoms with E-state index in [0.29, 0.717) is 5.56 Å². The van der Waals surface area contributed by atoms with Gasteiger partial charge < -0.3 is 14.5 Å². The van der Waals surface area contributed by atoms with Gasteiger partial charge in [0.2, 0.25) is 17.7 Å². The van der Waals surface area contributed by atoms with E-state index in [1.165, 1.54) is 11.0 Å². The Kier molecular flexibility index (Phi) is 5.58. The molecule has 0 aliphatic carbocycles. The molecule has 0 radical (unpaired) electrons. The lowest BCUT2D eigenvalue weighted by atomic mass is 10.1. The first-order valence-electron chi connectivity index (χ1n) is 9.75. The van der Waals surface area contributed by atoms with Gasteiger partial charge in [-0.1, -0.05) is 6.07 Å². The van der Waals surface area contributed by atoms with Gasteiger partial charge in [-0.15, -0.1) is 0 Å². The second-order valence-electron chi connectivity index (χ2n) is 7.59. The van der Waals surface area contributed by atoms with Gasteiger partial charge in [-0.25, -0.2) is 4.98 Å². The summed E-state index contributed by atoms with van der Waals surface area (Å²) in [5.41, 5.74) is -0.731. The maximum Gasteiger partial charge on any atom is 0.408 e. The Morgan fingerprint density at radius 3 is 2.65 bits per heavy atom. The summed E-state index contributed by atoms with van der Waals surface area (Å²) in [5, 5.41) is 0. The molecule has 2 aromatic rings. The van der Waals surface area contributed by atoms with Crippen molar-refractivity contribution in [2.24, 2.45) is 0 Å². The van der Waals surface area contributed by atoms with Crippen molar-refractivity contribution in [1.82, 2.24) is 14.5 Å². The van der Waals surface area contributed by atoms with E-state index in [9.17, 15) is 26.7 Å². The molecule has 12 heteroatoms. The summed E-state index contributed by atoms with van der Waals surface area (Å²) in [6.45, 7) is 1.90. The van der Waals surface area contributed by atoms with Crippen LogP contribution in [-0.2, 0) is 17.8 Å². The molecule has 2 atom stereocenters. The number of hydrogen-bond acceptors (Lipinski definition) is 6. The molecule has 1 saturated heterocycles. The number of hydrogen-bond donors (Lipinski definition) is 0. The smallest absolute Gasteiger partial charge is 0.377 e. The van der Waals surface area contributed by atoms with Crippen LogP contribution in [0.5, 0.6) is 0 Å². The third-order valence-electron chi connectivity index (χ3n) is 5.49. The van der Waals surface area contributed by atoms with E-state index in [-0.39, 0.29) is 50.7 Å². The van der Waals surface area contributed by atoms with E-state index in [2.05, 4.69) is 9.97 Å². The molecule has 7 nitrogen and oxygen atoms in total.